The van der Waals surface area contributed by atoms with E-state index in [1.807, 2.05) is 0 Å². The van der Waals surface area contributed by atoms with Crippen molar-refractivity contribution in [2.75, 3.05) is 27.9 Å². The van der Waals surface area contributed by atoms with Gasteiger partial charge in [-0.15, -0.1) is 0 Å². The van der Waals surface area contributed by atoms with E-state index in [9.17, 15) is 9.59 Å². The number of ketones is 1. The highest BCUT2D eigenvalue weighted by molar-refractivity contribution is 6.51. The van der Waals surface area contributed by atoms with Crippen LogP contribution in [0.2, 0.25) is 0 Å². The number of carbonyl (C=O) groups is 2. The molecule has 0 aliphatic carbocycles. The standard InChI is InChI=1S/C25H24N2O6/c1-30-19-8-4-17(5-9-19)24(25(29)18-6-10-20(31-2)11-7-18)27-26-23(28)16-33-22-14-12-21(32-3)13-15-22/h4-15H,16H2,1-3H3,(H,26,28)/b27-24-. The lowest BCUT2D eigenvalue weighted by molar-refractivity contribution is -0.123. The lowest BCUT2D eigenvalue weighted by Gasteiger charge is -2.09. The number of ether oxygens (including phenoxy) is 4. The fraction of sp³-hybridized carbons (Fsp3) is 0.160. The number of carbonyl (C=O) groups excluding carboxylic acids is 2. The van der Waals surface area contributed by atoms with Gasteiger partial charge in [-0.3, -0.25) is 9.59 Å². The molecule has 1 N–H and O–H groups in total. The molecule has 0 atom stereocenters. The Morgan fingerprint density at radius 3 is 1.58 bits per heavy atom. The predicted molar refractivity (Wildman–Crippen MR) is 123 cm³/mol. The second-order valence-electron chi connectivity index (χ2n) is 6.75. The Balaban J connectivity index is 1.76. The van der Waals surface area contributed by atoms with Crippen LogP contribution >= 0.6 is 0 Å². The Morgan fingerprint density at radius 2 is 1.09 bits per heavy atom. The first-order chi connectivity index (χ1) is 16.0. The number of hydrazone groups is 1. The largest absolute Gasteiger partial charge is 0.497 e. The summed E-state index contributed by atoms with van der Waals surface area (Å²) in [5.41, 5.74) is 3.39. The molecular weight excluding hydrogens is 424 g/mol. The molecule has 1 amide bonds. The van der Waals surface area contributed by atoms with E-state index in [4.69, 9.17) is 18.9 Å². The lowest BCUT2D eigenvalue weighted by atomic mass is 10.0. The summed E-state index contributed by atoms with van der Waals surface area (Å²) >= 11 is 0. The van der Waals surface area contributed by atoms with E-state index < -0.39 is 5.91 Å². The first-order valence-electron chi connectivity index (χ1n) is 10.0. The highest BCUT2D eigenvalue weighted by Crippen LogP contribution is 2.18. The summed E-state index contributed by atoms with van der Waals surface area (Å²) in [4.78, 5) is 25.5. The van der Waals surface area contributed by atoms with Crippen LogP contribution in [-0.4, -0.2) is 45.3 Å². The van der Waals surface area contributed by atoms with Crippen molar-refractivity contribution >= 4 is 17.4 Å². The quantitative estimate of drug-likeness (QED) is 0.290. The van der Waals surface area contributed by atoms with Crippen LogP contribution in [0.3, 0.4) is 0 Å². The predicted octanol–water partition coefficient (Wildman–Crippen LogP) is 3.49. The molecule has 0 saturated heterocycles. The van der Waals surface area contributed by atoms with Crippen LogP contribution in [-0.2, 0) is 4.79 Å². The molecule has 3 aromatic rings. The van der Waals surface area contributed by atoms with Crippen LogP contribution < -0.4 is 24.4 Å². The lowest BCUT2D eigenvalue weighted by Crippen LogP contribution is -2.28. The maximum atomic E-state index is 13.2. The highest BCUT2D eigenvalue weighted by Gasteiger charge is 2.18. The van der Waals surface area contributed by atoms with Crippen molar-refractivity contribution in [3.8, 4) is 23.0 Å². The van der Waals surface area contributed by atoms with Crippen LogP contribution in [0.15, 0.2) is 77.9 Å². The van der Waals surface area contributed by atoms with Gasteiger partial charge in [0.2, 0.25) is 5.78 Å². The van der Waals surface area contributed by atoms with Crippen molar-refractivity contribution in [3.05, 3.63) is 83.9 Å². The third-order valence-corrected chi connectivity index (χ3v) is 4.65. The van der Waals surface area contributed by atoms with Gasteiger partial charge in [0.15, 0.2) is 6.61 Å². The number of hydrogen-bond donors (Lipinski definition) is 1. The van der Waals surface area contributed by atoms with E-state index >= 15 is 0 Å². The molecule has 0 fully saturated rings. The molecule has 0 radical (unpaired) electrons. The number of Topliss-reactive ketones (excluding diaryl/α,β-unsaturated/α-hetero) is 1. The van der Waals surface area contributed by atoms with Gasteiger partial charge in [-0.2, -0.15) is 5.10 Å². The molecule has 0 aliphatic rings. The van der Waals surface area contributed by atoms with Crippen molar-refractivity contribution in [3.63, 3.8) is 0 Å². The van der Waals surface area contributed by atoms with Gasteiger partial charge in [-0.05, 0) is 72.8 Å². The maximum Gasteiger partial charge on any atom is 0.277 e. The number of nitrogens with zero attached hydrogens (tertiary/aromatic N) is 1. The van der Waals surface area contributed by atoms with Crippen LogP contribution in [0.5, 0.6) is 23.0 Å². The summed E-state index contributed by atoms with van der Waals surface area (Å²) in [6.45, 7) is -0.275. The molecule has 0 saturated carbocycles. The average molecular weight is 448 g/mol. The van der Waals surface area contributed by atoms with E-state index in [2.05, 4.69) is 10.5 Å². The van der Waals surface area contributed by atoms with Crippen molar-refractivity contribution in [2.45, 2.75) is 0 Å². The van der Waals surface area contributed by atoms with Crippen molar-refractivity contribution in [1.82, 2.24) is 5.43 Å². The Hall–Kier alpha value is -4.33. The zero-order valence-electron chi connectivity index (χ0n) is 18.5. The monoisotopic (exact) mass is 448 g/mol. The minimum atomic E-state index is -0.514. The normalized spacial score (nSPS) is 10.8. The van der Waals surface area contributed by atoms with E-state index in [0.29, 0.717) is 34.1 Å². The minimum absolute atomic E-state index is 0.0700. The molecule has 0 bridgehead atoms. The van der Waals surface area contributed by atoms with Crippen LogP contribution in [0, 0.1) is 0 Å². The minimum Gasteiger partial charge on any atom is -0.497 e. The van der Waals surface area contributed by atoms with Crippen molar-refractivity contribution < 1.29 is 28.5 Å². The van der Waals surface area contributed by atoms with E-state index in [1.54, 1.807) is 94.1 Å². The molecule has 3 rings (SSSR count). The Labute approximate surface area is 191 Å². The summed E-state index contributed by atoms with van der Waals surface area (Å²) in [5.74, 6) is 1.56. The zero-order valence-corrected chi connectivity index (χ0v) is 18.5. The highest BCUT2D eigenvalue weighted by atomic mass is 16.5. The maximum absolute atomic E-state index is 13.2. The van der Waals surface area contributed by atoms with Crippen LogP contribution in [0.1, 0.15) is 15.9 Å². The molecule has 8 nitrogen and oxygen atoms in total. The van der Waals surface area contributed by atoms with Gasteiger partial charge in [0.1, 0.15) is 28.7 Å². The summed E-state index contributed by atoms with van der Waals surface area (Å²) in [6, 6.07) is 20.3. The number of rotatable bonds is 10. The smallest absolute Gasteiger partial charge is 0.277 e. The molecular formula is C25H24N2O6. The average Bonchev–Trinajstić information content (AvgIpc) is 2.88. The number of benzene rings is 3. The van der Waals surface area contributed by atoms with E-state index in [1.165, 1.54) is 0 Å². The number of amides is 1. The van der Waals surface area contributed by atoms with E-state index in [-0.39, 0.29) is 18.1 Å². The first kappa shape index (κ1) is 23.3. The van der Waals surface area contributed by atoms with Crippen molar-refractivity contribution in [2.24, 2.45) is 5.10 Å². The number of nitrogens with one attached hydrogen (secondary N) is 1. The molecule has 0 spiro atoms. The first-order valence-corrected chi connectivity index (χ1v) is 10.0. The third-order valence-electron chi connectivity index (χ3n) is 4.65. The van der Waals surface area contributed by atoms with Gasteiger partial charge < -0.3 is 18.9 Å². The van der Waals surface area contributed by atoms with Gasteiger partial charge in [-0.25, -0.2) is 5.43 Å². The zero-order chi connectivity index (χ0) is 23.6. The second kappa shape index (κ2) is 11.3. The molecule has 33 heavy (non-hydrogen) atoms. The Morgan fingerprint density at radius 1 is 0.667 bits per heavy atom. The molecule has 0 aromatic heterocycles. The molecule has 0 aliphatic heterocycles. The summed E-state index contributed by atoms with van der Waals surface area (Å²) < 4.78 is 20.9. The Bertz CT molecular complexity index is 1110. The van der Waals surface area contributed by atoms with Crippen LogP contribution in [0.4, 0.5) is 0 Å². The molecule has 170 valence electrons. The second-order valence-corrected chi connectivity index (χ2v) is 6.75. The topological polar surface area (TPSA) is 95.5 Å². The SMILES string of the molecule is COc1ccc(OCC(=O)N/N=C(\C(=O)c2ccc(OC)cc2)c2ccc(OC)cc2)cc1. The summed E-state index contributed by atoms with van der Waals surface area (Å²) in [6.07, 6.45) is 0. The molecule has 0 unspecified atom stereocenters. The molecule has 0 heterocycles. The van der Waals surface area contributed by atoms with Crippen molar-refractivity contribution in [1.29, 1.82) is 0 Å². The Kier molecular flexibility index (Phi) is 8.02. The summed E-state index contributed by atoms with van der Waals surface area (Å²) in [7, 11) is 4.66. The number of methoxy groups -OCH3 is 3. The fourth-order valence-electron chi connectivity index (χ4n) is 2.85. The summed E-state index contributed by atoms with van der Waals surface area (Å²) in [5, 5.41) is 4.10. The van der Waals surface area contributed by atoms with Gasteiger partial charge in [0.25, 0.3) is 5.91 Å². The third kappa shape index (κ3) is 6.33. The fourth-order valence-corrected chi connectivity index (χ4v) is 2.85. The van der Waals surface area contributed by atoms with Crippen LogP contribution in [0.25, 0.3) is 0 Å². The van der Waals surface area contributed by atoms with Gasteiger partial charge in [0, 0.05) is 11.1 Å². The van der Waals surface area contributed by atoms with E-state index in [0.717, 1.165) is 0 Å². The van der Waals surface area contributed by atoms with Gasteiger partial charge >= 0.3 is 0 Å². The van der Waals surface area contributed by atoms with Gasteiger partial charge in [0.05, 0.1) is 21.3 Å². The number of hydrogen-bond acceptors (Lipinski definition) is 7. The molecule has 3 aromatic carbocycles. The van der Waals surface area contributed by atoms with Gasteiger partial charge in [-0.1, -0.05) is 0 Å². The molecule has 8 heteroatoms.